The van der Waals surface area contributed by atoms with Crippen LogP contribution in [0, 0.1) is 0 Å². The van der Waals surface area contributed by atoms with E-state index in [0.717, 1.165) is 0 Å². The van der Waals surface area contributed by atoms with Crippen molar-refractivity contribution in [2.24, 2.45) is 0 Å². The Morgan fingerprint density at radius 3 is 2.67 bits per heavy atom. The van der Waals surface area contributed by atoms with Crippen LogP contribution in [0.15, 0.2) is 16.6 Å². The van der Waals surface area contributed by atoms with E-state index < -0.39 is 6.43 Å². The highest BCUT2D eigenvalue weighted by Crippen LogP contribution is 2.27. The molecule has 0 unspecified atom stereocenters. The third kappa shape index (κ3) is 1.91. The quantitative estimate of drug-likeness (QED) is 0.790. The van der Waals surface area contributed by atoms with Gasteiger partial charge < -0.3 is 4.74 Å². The van der Waals surface area contributed by atoms with Gasteiger partial charge in [-0.15, -0.1) is 0 Å². The summed E-state index contributed by atoms with van der Waals surface area (Å²) in [6.07, 6.45) is -2.59. The number of hydrogen-bond acceptors (Lipinski definition) is 2. The van der Waals surface area contributed by atoms with Crippen molar-refractivity contribution in [3.8, 4) is 5.88 Å². The fourth-order valence-corrected chi connectivity index (χ4v) is 1.10. The van der Waals surface area contributed by atoms with Crippen LogP contribution in [0.3, 0.4) is 0 Å². The summed E-state index contributed by atoms with van der Waals surface area (Å²) in [7, 11) is 1.38. The molecule has 0 atom stereocenters. The first-order valence-electron chi connectivity index (χ1n) is 3.13. The van der Waals surface area contributed by atoms with Gasteiger partial charge in [-0.05, 0) is 22.0 Å². The zero-order valence-corrected chi connectivity index (χ0v) is 7.81. The van der Waals surface area contributed by atoms with Gasteiger partial charge in [-0.1, -0.05) is 0 Å². The van der Waals surface area contributed by atoms with E-state index in [-0.39, 0.29) is 11.6 Å². The smallest absolute Gasteiger partial charge is 0.281 e. The van der Waals surface area contributed by atoms with Crippen LogP contribution in [-0.2, 0) is 0 Å². The summed E-state index contributed by atoms with van der Waals surface area (Å²) >= 11 is 2.96. The van der Waals surface area contributed by atoms with Gasteiger partial charge in [0.05, 0.1) is 7.11 Å². The fraction of sp³-hybridized carbons (Fsp3) is 0.286. The van der Waals surface area contributed by atoms with Gasteiger partial charge in [0.1, 0.15) is 5.69 Å². The first-order valence-corrected chi connectivity index (χ1v) is 3.93. The Hall–Kier alpha value is -0.710. The number of pyridine rings is 1. The van der Waals surface area contributed by atoms with Crippen molar-refractivity contribution in [1.82, 2.24) is 4.98 Å². The van der Waals surface area contributed by atoms with Crippen LogP contribution < -0.4 is 4.74 Å². The molecule has 1 aromatic rings. The molecule has 0 fully saturated rings. The summed E-state index contributed by atoms with van der Waals surface area (Å²) in [6, 6.07) is 2.99. The fourth-order valence-electron chi connectivity index (χ4n) is 0.706. The lowest BCUT2D eigenvalue weighted by Crippen LogP contribution is -1.95. The van der Waals surface area contributed by atoms with Gasteiger partial charge in [0, 0.05) is 10.5 Å². The van der Waals surface area contributed by atoms with Gasteiger partial charge in [-0.2, -0.15) is 0 Å². The van der Waals surface area contributed by atoms with E-state index in [1.807, 2.05) is 0 Å². The van der Waals surface area contributed by atoms with Gasteiger partial charge in [-0.25, -0.2) is 13.8 Å². The van der Waals surface area contributed by atoms with Crippen LogP contribution in [0.25, 0.3) is 0 Å². The molecule has 12 heavy (non-hydrogen) atoms. The predicted octanol–water partition coefficient (Wildman–Crippen LogP) is 2.79. The maximum Gasteiger partial charge on any atom is 0.281 e. The minimum atomic E-state index is -2.59. The van der Waals surface area contributed by atoms with E-state index >= 15 is 0 Å². The summed E-state index contributed by atoms with van der Waals surface area (Å²) in [5.41, 5.74) is -0.297. The van der Waals surface area contributed by atoms with Crippen LogP contribution in [0.2, 0.25) is 0 Å². The van der Waals surface area contributed by atoms with E-state index in [2.05, 4.69) is 20.9 Å². The highest BCUT2D eigenvalue weighted by Gasteiger charge is 2.13. The average Bonchev–Trinajstić information content (AvgIpc) is 2.05. The average molecular weight is 238 g/mol. The molecule has 0 aromatic carbocycles. The molecule has 5 heteroatoms. The summed E-state index contributed by atoms with van der Waals surface area (Å²) in [5, 5.41) is 0. The first-order chi connectivity index (χ1) is 5.65. The van der Waals surface area contributed by atoms with E-state index in [4.69, 9.17) is 4.74 Å². The van der Waals surface area contributed by atoms with Crippen LogP contribution in [0.1, 0.15) is 12.1 Å². The van der Waals surface area contributed by atoms with Gasteiger partial charge in [0.15, 0.2) is 0 Å². The minimum Gasteiger partial charge on any atom is -0.481 e. The van der Waals surface area contributed by atoms with E-state index in [9.17, 15) is 8.78 Å². The standard InChI is InChI=1S/C7H6BrF2NO/c1-12-5-3-2-4(8)6(11-5)7(9)10/h2-3,7H,1H3. The molecule has 2 nitrogen and oxygen atoms in total. The molecule has 0 saturated heterocycles. The number of methoxy groups -OCH3 is 1. The van der Waals surface area contributed by atoms with Gasteiger partial charge in [-0.3, -0.25) is 0 Å². The van der Waals surface area contributed by atoms with Crippen molar-refractivity contribution >= 4 is 15.9 Å². The number of aromatic nitrogens is 1. The molecule has 0 radical (unpaired) electrons. The first kappa shape index (κ1) is 9.38. The Morgan fingerprint density at radius 1 is 1.50 bits per heavy atom. The molecule has 1 aromatic heterocycles. The van der Waals surface area contributed by atoms with Crippen molar-refractivity contribution < 1.29 is 13.5 Å². The Kier molecular flexibility index (Phi) is 2.97. The molecule has 0 saturated carbocycles. The summed E-state index contributed by atoms with van der Waals surface area (Å²) < 4.78 is 29.4. The van der Waals surface area contributed by atoms with Gasteiger partial charge in [0.25, 0.3) is 6.43 Å². The molecule has 1 heterocycles. The summed E-state index contributed by atoms with van der Waals surface area (Å²) in [5.74, 6) is 0.188. The molecule has 0 spiro atoms. The molecule has 66 valence electrons. The van der Waals surface area contributed by atoms with Crippen molar-refractivity contribution in [1.29, 1.82) is 0 Å². The van der Waals surface area contributed by atoms with E-state index in [1.165, 1.54) is 19.2 Å². The number of rotatable bonds is 2. The highest BCUT2D eigenvalue weighted by molar-refractivity contribution is 9.10. The normalized spacial score (nSPS) is 10.4. The van der Waals surface area contributed by atoms with Gasteiger partial charge >= 0.3 is 0 Å². The van der Waals surface area contributed by atoms with Crippen molar-refractivity contribution in [2.45, 2.75) is 6.43 Å². The topological polar surface area (TPSA) is 22.1 Å². The number of halogens is 3. The summed E-state index contributed by atoms with van der Waals surface area (Å²) in [4.78, 5) is 3.57. The second kappa shape index (κ2) is 3.80. The van der Waals surface area contributed by atoms with Crippen LogP contribution in [0.4, 0.5) is 8.78 Å². The Bertz CT molecular complexity index is 280. The van der Waals surface area contributed by atoms with Crippen molar-refractivity contribution in [3.05, 3.63) is 22.3 Å². The number of hydrogen-bond donors (Lipinski definition) is 0. The monoisotopic (exact) mass is 237 g/mol. The molecule has 0 aliphatic rings. The SMILES string of the molecule is COc1ccc(Br)c(C(F)F)n1. The van der Waals surface area contributed by atoms with Crippen LogP contribution in [-0.4, -0.2) is 12.1 Å². The molecule has 0 bridgehead atoms. The molecular formula is C7H6BrF2NO. The number of nitrogens with zero attached hydrogens (tertiary/aromatic N) is 1. The van der Waals surface area contributed by atoms with Crippen molar-refractivity contribution in [3.63, 3.8) is 0 Å². The maximum absolute atomic E-state index is 12.2. The largest absolute Gasteiger partial charge is 0.481 e. The molecule has 1 rings (SSSR count). The predicted molar refractivity (Wildman–Crippen MR) is 43.4 cm³/mol. The third-order valence-corrected chi connectivity index (χ3v) is 1.93. The molecule has 0 aliphatic heterocycles. The van der Waals surface area contributed by atoms with Gasteiger partial charge in [0.2, 0.25) is 5.88 Å². The molecular weight excluding hydrogens is 232 g/mol. The van der Waals surface area contributed by atoms with Crippen molar-refractivity contribution in [2.75, 3.05) is 7.11 Å². The Labute approximate surface area is 76.7 Å². The Morgan fingerprint density at radius 2 is 2.17 bits per heavy atom. The molecule has 0 aliphatic carbocycles. The lowest BCUT2D eigenvalue weighted by atomic mass is 10.3. The highest BCUT2D eigenvalue weighted by atomic mass is 79.9. The van der Waals surface area contributed by atoms with Crippen LogP contribution in [0.5, 0.6) is 5.88 Å². The lowest BCUT2D eigenvalue weighted by molar-refractivity contribution is 0.144. The second-order valence-electron chi connectivity index (χ2n) is 2.02. The Balaban J connectivity index is 3.08. The summed E-state index contributed by atoms with van der Waals surface area (Å²) in [6.45, 7) is 0. The van der Waals surface area contributed by atoms with E-state index in [1.54, 1.807) is 0 Å². The van der Waals surface area contributed by atoms with Crippen LogP contribution >= 0.6 is 15.9 Å². The molecule has 0 amide bonds. The number of ether oxygens (including phenoxy) is 1. The lowest BCUT2D eigenvalue weighted by Gasteiger charge is -2.04. The maximum atomic E-state index is 12.2. The van der Waals surface area contributed by atoms with E-state index in [0.29, 0.717) is 4.47 Å². The zero-order chi connectivity index (χ0) is 9.14. The number of alkyl halides is 2. The second-order valence-corrected chi connectivity index (χ2v) is 2.88. The minimum absolute atomic E-state index is 0.188. The zero-order valence-electron chi connectivity index (χ0n) is 6.22. The molecule has 0 N–H and O–H groups in total. The third-order valence-electron chi connectivity index (χ3n) is 1.26.